The van der Waals surface area contributed by atoms with E-state index in [-0.39, 0.29) is 17.8 Å². The normalized spacial score (nSPS) is 16.8. The van der Waals surface area contributed by atoms with E-state index in [1.165, 1.54) is 4.68 Å². The molecule has 1 fully saturated rings. The zero-order valence-electron chi connectivity index (χ0n) is 15.3. The first-order valence-electron chi connectivity index (χ1n) is 9.34. The van der Waals surface area contributed by atoms with Gasteiger partial charge in [0.1, 0.15) is 0 Å². The average Bonchev–Trinajstić information content (AvgIpc) is 2.75. The van der Waals surface area contributed by atoms with Crippen molar-refractivity contribution in [2.45, 2.75) is 32.1 Å². The fourth-order valence-electron chi connectivity index (χ4n) is 3.24. The lowest BCUT2D eigenvalue weighted by molar-refractivity contribution is -0.186. The molecule has 1 saturated heterocycles. The fourth-order valence-corrected chi connectivity index (χ4v) is 3.24. The van der Waals surface area contributed by atoms with Crippen LogP contribution >= 0.6 is 0 Å². The number of carbonyl (C=O) groups excluding carboxylic acids is 1. The number of ether oxygens (including phenoxy) is 1. The van der Waals surface area contributed by atoms with Gasteiger partial charge in [0.25, 0.3) is 11.5 Å². The Labute approximate surface area is 161 Å². The Morgan fingerprint density at radius 2 is 1.86 bits per heavy atom. The molecule has 4 rings (SSSR count). The molecule has 1 amide bonds. The Morgan fingerprint density at radius 1 is 1.11 bits per heavy atom. The minimum absolute atomic E-state index is 0.141. The molecule has 1 aromatic heterocycles. The van der Waals surface area contributed by atoms with E-state index in [4.69, 9.17) is 9.57 Å². The number of benzene rings is 2. The number of amides is 1. The third-order valence-corrected chi connectivity index (χ3v) is 4.68. The SMILES string of the molecule is O=C(NO[C@H]1CCCCO1)c1nn(Cc2ccccc2)c(=O)c2ccccc12. The minimum Gasteiger partial charge on any atom is -0.350 e. The van der Waals surface area contributed by atoms with Gasteiger partial charge >= 0.3 is 0 Å². The largest absolute Gasteiger partial charge is 0.350 e. The van der Waals surface area contributed by atoms with Crippen LogP contribution in [0.2, 0.25) is 0 Å². The van der Waals surface area contributed by atoms with Crippen LogP contribution in [-0.2, 0) is 16.1 Å². The predicted molar refractivity (Wildman–Crippen MR) is 104 cm³/mol. The lowest BCUT2D eigenvalue weighted by atomic mass is 10.1. The Balaban J connectivity index is 1.65. The molecule has 0 radical (unpaired) electrons. The quantitative estimate of drug-likeness (QED) is 0.689. The first-order chi connectivity index (χ1) is 13.7. The zero-order chi connectivity index (χ0) is 19.3. The van der Waals surface area contributed by atoms with E-state index in [9.17, 15) is 9.59 Å². The van der Waals surface area contributed by atoms with Crippen molar-refractivity contribution in [1.29, 1.82) is 0 Å². The number of hydrogen-bond acceptors (Lipinski definition) is 5. The van der Waals surface area contributed by atoms with Gasteiger partial charge in [-0.3, -0.25) is 9.59 Å². The third kappa shape index (κ3) is 3.95. The van der Waals surface area contributed by atoms with Gasteiger partial charge in [-0.1, -0.05) is 48.5 Å². The van der Waals surface area contributed by atoms with Crippen LogP contribution in [0.25, 0.3) is 10.8 Å². The lowest BCUT2D eigenvalue weighted by Crippen LogP contribution is -2.35. The smallest absolute Gasteiger partial charge is 0.296 e. The van der Waals surface area contributed by atoms with Gasteiger partial charge in [-0.05, 0) is 24.5 Å². The Hall–Kier alpha value is -3.03. The van der Waals surface area contributed by atoms with Gasteiger partial charge in [-0.15, -0.1) is 0 Å². The molecular formula is C21H21N3O4. The predicted octanol–water partition coefficient (Wildman–Crippen LogP) is 2.63. The van der Waals surface area contributed by atoms with E-state index < -0.39 is 12.2 Å². The molecule has 1 aliphatic rings. The highest BCUT2D eigenvalue weighted by Gasteiger charge is 2.20. The molecule has 2 heterocycles. The van der Waals surface area contributed by atoms with E-state index in [0.29, 0.717) is 17.4 Å². The molecule has 0 spiro atoms. The van der Waals surface area contributed by atoms with Crippen molar-refractivity contribution >= 4 is 16.7 Å². The molecule has 0 bridgehead atoms. The topological polar surface area (TPSA) is 82.4 Å². The highest BCUT2D eigenvalue weighted by atomic mass is 16.8. The molecule has 7 heteroatoms. The second-order valence-electron chi connectivity index (χ2n) is 6.69. The zero-order valence-corrected chi connectivity index (χ0v) is 15.3. The summed E-state index contributed by atoms with van der Waals surface area (Å²) in [7, 11) is 0. The van der Waals surface area contributed by atoms with Crippen LogP contribution in [0.3, 0.4) is 0 Å². The van der Waals surface area contributed by atoms with Gasteiger partial charge in [0.05, 0.1) is 11.9 Å². The van der Waals surface area contributed by atoms with Crippen molar-refractivity contribution in [2.24, 2.45) is 0 Å². The van der Waals surface area contributed by atoms with E-state index in [0.717, 1.165) is 24.8 Å². The van der Waals surface area contributed by atoms with Crippen LogP contribution in [0.1, 0.15) is 35.3 Å². The fraction of sp³-hybridized carbons (Fsp3) is 0.286. The van der Waals surface area contributed by atoms with Crippen LogP contribution < -0.4 is 11.0 Å². The van der Waals surface area contributed by atoms with Crippen molar-refractivity contribution < 1.29 is 14.4 Å². The van der Waals surface area contributed by atoms with Crippen LogP contribution in [0.5, 0.6) is 0 Å². The molecule has 1 aliphatic heterocycles. The third-order valence-electron chi connectivity index (χ3n) is 4.68. The van der Waals surface area contributed by atoms with Crippen LogP contribution in [-0.4, -0.2) is 28.6 Å². The first-order valence-corrected chi connectivity index (χ1v) is 9.34. The molecule has 1 N–H and O–H groups in total. The summed E-state index contributed by atoms with van der Waals surface area (Å²) in [5, 5.41) is 5.26. The molecule has 3 aromatic rings. The summed E-state index contributed by atoms with van der Waals surface area (Å²) in [6.07, 6.45) is 2.25. The number of aromatic nitrogens is 2. The van der Waals surface area contributed by atoms with Gasteiger partial charge in [-0.25, -0.2) is 15.0 Å². The summed E-state index contributed by atoms with van der Waals surface area (Å²) >= 11 is 0. The van der Waals surface area contributed by atoms with Gasteiger partial charge in [-0.2, -0.15) is 5.10 Å². The highest BCUT2D eigenvalue weighted by molar-refractivity contribution is 6.04. The number of nitrogens with one attached hydrogen (secondary N) is 1. The number of rotatable bonds is 5. The van der Waals surface area contributed by atoms with Crippen LogP contribution in [0, 0.1) is 0 Å². The standard InChI is InChI=1S/C21H21N3O4/c25-20(23-28-18-12-6-7-13-27-18)19-16-10-4-5-11-17(16)21(26)24(22-19)14-15-8-2-1-3-9-15/h1-5,8-11,18H,6-7,12-14H2,(H,23,25)/t18-/m0/s1. The Morgan fingerprint density at radius 3 is 2.61 bits per heavy atom. The van der Waals surface area contributed by atoms with Crippen molar-refractivity contribution in [3.05, 3.63) is 76.2 Å². The maximum absolute atomic E-state index is 12.8. The molecular weight excluding hydrogens is 358 g/mol. The Kier molecular flexibility index (Phi) is 5.45. The van der Waals surface area contributed by atoms with E-state index in [2.05, 4.69) is 10.6 Å². The molecule has 0 aliphatic carbocycles. The van der Waals surface area contributed by atoms with Crippen molar-refractivity contribution in [2.75, 3.05) is 6.61 Å². The number of hydrogen-bond donors (Lipinski definition) is 1. The van der Waals surface area contributed by atoms with E-state index >= 15 is 0 Å². The van der Waals surface area contributed by atoms with E-state index in [1.807, 2.05) is 30.3 Å². The summed E-state index contributed by atoms with van der Waals surface area (Å²) < 4.78 is 6.77. The van der Waals surface area contributed by atoms with E-state index in [1.54, 1.807) is 24.3 Å². The maximum atomic E-state index is 12.8. The molecule has 28 heavy (non-hydrogen) atoms. The second kappa shape index (κ2) is 8.33. The number of nitrogens with zero attached hydrogens (tertiary/aromatic N) is 2. The molecule has 0 saturated carbocycles. The first kappa shape index (κ1) is 18.3. The summed E-state index contributed by atoms with van der Waals surface area (Å²) in [6.45, 7) is 0.890. The summed E-state index contributed by atoms with van der Waals surface area (Å²) in [5.74, 6) is -0.507. The Bertz CT molecular complexity index is 1030. The average molecular weight is 379 g/mol. The number of fused-ring (bicyclic) bond motifs is 1. The lowest BCUT2D eigenvalue weighted by Gasteiger charge is -2.22. The molecule has 2 aromatic carbocycles. The van der Waals surface area contributed by atoms with Gasteiger partial charge in [0.15, 0.2) is 12.0 Å². The van der Waals surface area contributed by atoms with Crippen molar-refractivity contribution in [3.8, 4) is 0 Å². The highest BCUT2D eigenvalue weighted by Crippen LogP contribution is 2.15. The summed E-state index contributed by atoms with van der Waals surface area (Å²) in [6, 6.07) is 16.5. The molecule has 144 valence electrons. The summed E-state index contributed by atoms with van der Waals surface area (Å²) in [4.78, 5) is 31.0. The second-order valence-corrected chi connectivity index (χ2v) is 6.69. The minimum atomic E-state index is -0.507. The van der Waals surface area contributed by atoms with Gasteiger partial charge < -0.3 is 4.74 Å². The molecule has 1 atom stereocenters. The molecule has 7 nitrogen and oxygen atoms in total. The number of hydroxylamine groups is 1. The summed E-state index contributed by atoms with van der Waals surface area (Å²) in [5.41, 5.74) is 3.25. The number of carbonyl (C=O) groups is 1. The van der Waals surface area contributed by atoms with Gasteiger partial charge in [0.2, 0.25) is 0 Å². The van der Waals surface area contributed by atoms with Crippen molar-refractivity contribution in [1.82, 2.24) is 15.3 Å². The maximum Gasteiger partial charge on any atom is 0.296 e. The van der Waals surface area contributed by atoms with Crippen molar-refractivity contribution in [3.63, 3.8) is 0 Å². The van der Waals surface area contributed by atoms with Crippen LogP contribution in [0.15, 0.2) is 59.4 Å². The van der Waals surface area contributed by atoms with Gasteiger partial charge in [0, 0.05) is 18.4 Å². The monoisotopic (exact) mass is 379 g/mol. The molecule has 0 unspecified atom stereocenters. The van der Waals surface area contributed by atoms with Crippen LogP contribution in [0.4, 0.5) is 0 Å².